The van der Waals surface area contributed by atoms with Gasteiger partial charge in [-0.15, -0.1) is 24.8 Å². The van der Waals surface area contributed by atoms with Crippen LogP contribution in [0, 0.1) is 5.92 Å². The molecule has 2 rings (SSSR count). The summed E-state index contributed by atoms with van der Waals surface area (Å²) in [4.78, 5) is 2.57. The third-order valence-electron chi connectivity index (χ3n) is 3.21. The molecule has 0 bridgehead atoms. The summed E-state index contributed by atoms with van der Waals surface area (Å²) in [7, 11) is 0. The molecule has 0 radical (unpaired) electrons. The molecular weight excluding hydrogens is 271 g/mol. The number of furan rings is 1. The quantitative estimate of drug-likeness (QED) is 0.925. The highest BCUT2D eigenvalue weighted by atomic mass is 35.5. The zero-order chi connectivity index (χ0) is 11.4. The molecule has 5 heteroatoms. The van der Waals surface area contributed by atoms with Gasteiger partial charge in [-0.2, -0.15) is 0 Å². The van der Waals surface area contributed by atoms with Crippen molar-refractivity contribution < 1.29 is 4.42 Å². The maximum Gasteiger partial charge on any atom is 0.0950 e. The van der Waals surface area contributed by atoms with Crippen molar-refractivity contribution in [3.8, 4) is 0 Å². The number of halogens is 2. The van der Waals surface area contributed by atoms with Crippen LogP contribution in [0.2, 0.25) is 0 Å². The van der Waals surface area contributed by atoms with Crippen molar-refractivity contribution in [3.63, 3.8) is 0 Å². The lowest BCUT2D eigenvalue weighted by Crippen LogP contribution is -2.45. The number of piperazine rings is 1. The van der Waals surface area contributed by atoms with Gasteiger partial charge in [-0.25, -0.2) is 0 Å². The second kappa shape index (κ2) is 8.81. The van der Waals surface area contributed by atoms with Gasteiger partial charge in [-0.3, -0.25) is 4.90 Å². The molecule has 106 valence electrons. The molecule has 18 heavy (non-hydrogen) atoms. The first-order chi connectivity index (χ1) is 7.77. The van der Waals surface area contributed by atoms with Crippen LogP contribution < -0.4 is 5.32 Å². The normalized spacial score (nSPS) is 17.9. The van der Waals surface area contributed by atoms with Crippen LogP contribution in [0.4, 0.5) is 0 Å². The van der Waals surface area contributed by atoms with Crippen LogP contribution in [-0.2, 0) is 0 Å². The molecule has 1 aliphatic rings. The molecular formula is C13H24Cl2N2O. The Morgan fingerprint density at radius 1 is 1.28 bits per heavy atom. The van der Waals surface area contributed by atoms with E-state index in [0.29, 0.717) is 6.04 Å². The van der Waals surface area contributed by atoms with E-state index in [9.17, 15) is 0 Å². The van der Waals surface area contributed by atoms with Gasteiger partial charge in [-0.05, 0) is 18.4 Å². The Hall–Kier alpha value is -0.220. The fourth-order valence-corrected chi connectivity index (χ4v) is 2.40. The Labute approximate surface area is 122 Å². The van der Waals surface area contributed by atoms with Gasteiger partial charge >= 0.3 is 0 Å². The van der Waals surface area contributed by atoms with Gasteiger partial charge in [0.2, 0.25) is 0 Å². The highest BCUT2D eigenvalue weighted by molar-refractivity contribution is 5.85. The van der Waals surface area contributed by atoms with Crippen molar-refractivity contribution in [2.24, 2.45) is 5.92 Å². The predicted octanol–water partition coefficient (Wildman–Crippen LogP) is 3.12. The number of hydrogen-bond acceptors (Lipinski definition) is 3. The van der Waals surface area contributed by atoms with Crippen molar-refractivity contribution in [2.45, 2.75) is 26.3 Å². The average molecular weight is 295 g/mol. The van der Waals surface area contributed by atoms with Gasteiger partial charge < -0.3 is 9.73 Å². The third-order valence-corrected chi connectivity index (χ3v) is 3.21. The first-order valence-electron chi connectivity index (χ1n) is 6.24. The highest BCUT2D eigenvalue weighted by Crippen LogP contribution is 2.28. The summed E-state index contributed by atoms with van der Waals surface area (Å²) in [6.45, 7) is 9.06. The van der Waals surface area contributed by atoms with E-state index in [0.717, 1.165) is 32.1 Å². The van der Waals surface area contributed by atoms with Crippen molar-refractivity contribution in [2.75, 3.05) is 26.2 Å². The summed E-state index contributed by atoms with van der Waals surface area (Å²) >= 11 is 0. The third kappa shape index (κ3) is 4.81. The lowest BCUT2D eigenvalue weighted by Gasteiger charge is -2.35. The Morgan fingerprint density at radius 2 is 1.94 bits per heavy atom. The Kier molecular flexibility index (Phi) is 8.70. The summed E-state index contributed by atoms with van der Waals surface area (Å²) in [5.74, 6) is 0.717. The largest absolute Gasteiger partial charge is 0.472 e. The number of nitrogens with zero attached hydrogens (tertiary/aromatic N) is 1. The minimum atomic E-state index is 0. The summed E-state index contributed by atoms with van der Waals surface area (Å²) in [6, 6.07) is 2.63. The molecule has 0 spiro atoms. The minimum absolute atomic E-state index is 0. The zero-order valence-corrected chi connectivity index (χ0v) is 12.7. The lowest BCUT2D eigenvalue weighted by atomic mass is 9.97. The molecule has 1 atom stereocenters. The fraction of sp³-hybridized carbons (Fsp3) is 0.692. The van der Waals surface area contributed by atoms with Crippen LogP contribution in [0.1, 0.15) is 31.9 Å². The van der Waals surface area contributed by atoms with Crippen LogP contribution in [0.5, 0.6) is 0 Å². The van der Waals surface area contributed by atoms with Crippen LogP contribution in [0.15, 0.2) is 23.0 Å². The Balaban J connectivity index is 0.00000144. The molecule has 1 saturated heterocycles. The molecule has 0 aliphatic carbocycles. The van der Waals surface area contributed by atoms with Crippen molar-refractivity contribution in [3.05, 3.63) is 24.2 Å². The predicted molar refractivity (Wildman–Crippen MR) is 79.8 cm³/mol. The molecule has 1 N–H and O–H groups in total. The number of hydrogen-bond donors (Lipinski definition) is 1. The summed E-state index contributed by atoms with van der Waals surface area (Å²) in [5.41, 5.74) is 1.33. The number of nitrogens with one attached hydrogen (secondary N) is 1. The van der Waals surface area contributed by atoms with Crippen molar-refractivity contribution in [1.29, 1.82) is 0 Å². The van der Waals surface area contributed by atoms with E-state index in [1.54, 1.807) is 6.26 Å². The fourth-order valence-electron chi connectivity index (χ4n) is 2.40. The molecule has 3 nitrogen and oxygen atoms in total. The van der Waals surface area contributed by atoms with Gasteiger partial charge in [0.05, 0.1) is 12.5 Å². The second-order valence-electron chi connectivity index (χ2n) is 4.99. The van der Waals surface area contributed by atoms with E-state index in [2.05, 4.69) is 30.1 Å². The van der Waals surface area contributed by atoms with E-state index in [1.165, 1.54) is 12.0 Å². The van der Waals surface area contributed by atoms with Crippen LogP contribution in [0.25, 0.3) is 0 Å². The zero-order valence-electron chi connectivity index (χ0n) is 11.1. The highest BCUT2D eigenvalue weighted by Gasteiger charge is 2.23. The Morgan fingerprint density at radius 3 is 2.44 bits per heavy atom. The van der Waals surface area contributed by atoms with Crippen LogP contribution >= 0.6 is 24.8 Å². The average Bonchev–Trinajstić information content (AvgIpc) is 2.80. The minimum Gasteiger partial charge on any atom is -0.472 e. The molecule has 0 saturated carbocycles. The van der Waals surface area contributed by atoms with Gasteiger partial charge in [0.25, 0.3) is 0 Å². The molecule has 0 unspecified atom stereocenters. The Bertz CT molecular complexity index is 298. The van der Waals surface area contributed by atoms with Crippen LogP contribution in [0.3, 0.4) is 0 Å². The van der Waals surface area contributed by atoms with E-state index in [-0.39, 0.29) is 24.8 Å². The van der Waals surface area contributed by atoms with Crippen LogP contribution in [-0.4, -0.2) is 31.1 Å². The van der Waals surface area contributed by atoms with Crippen molar-refractivity contribution >= 4 is 24.8 Å². The van der Waals surface area contributed by atoms with Crippen molar-refractivity contribution in [1.82, 2.24) is 10.2 Å². The topological polar surface area (TPSA) is 28.4 Å². The first kappa shape index (κ1) is 17.8. The molecule has 1 aromatic rings. The second-order valence-corrected chi connectivity index (χ2v) is 4.99. The van der Waals surface area contributed by atoms with E-state index >= 15 is 0 Å². The summed E-state index contributed by atoms with van der Waals surface area (Å²) in [5, 5.41) is 3.40. The molecule has 2 heterocycles. The molecule has 1 fully saturated rings. The van der Waals surface area contributed by atoms with E-state index in [1.807, 2.05) is 6.26 Å². The first-order valence-corrected chi connectivity index (χ1v) is 6.24. The SMILES string of the molecule is CC(C)C[C@H](c1ccoc1)N1CCNCC1.Cl.Cl. The monoisotopic (exact) mass is 294 g/mol. The standard InChI is InChI=1S/C13H22N2O.2ClH/c1-11(2)9-13(12-3-8-16-10-12)15-6-4-14-5-7-15;;/h3,8,10-11,13-14H,4-7,9H2,1-2H3;2*1H/t13-;;/m1../s1. The van der Waals surface area contributed by atoms with Gasteiger partial charge in [-0.1, -0.05) is 13.8 Å². The number of rotatable bonds is 4. The lowest BCUT2D eigenvalue weighted by molar-refractivity contribution is 0.153. The summed E-state index contributed by atoms with van der Waals surface area (Å²) < 4.78 is 5.23. The van der Waals surface area contributed by atoms with E-state index in [4.69, 9.17) is 4.42 Å². The van der Waals surface area contributed by atoms with Gasteiger partial charge in [0.15, 0.2) is 0 Å². The molecule has 0 aromatic carbocycles. The summed E-state index contributed by atoms with van der Waals surface area (Å²) in [6.07, 6.45) is 4.89. The maximum atomic E-state index is 5.23. The molecule has 1 aromatic heterocycles. The van der Waals surface area contributed by atoms with Gasteiger partial charge in [0, 0.05) is 37.8 Å². The van der Waals surface area contributed by atoms with Gasteiger partial charge in [0.1, 0.15) is 0 Å². The molecule has 1 aliphatic heterocycles. The van der Waals surface area contributed by atoms with E-state index < -0.39 is 0 Å². The molecule has 0 amide bonds. The smallest absolute Gasteiger partial charge is 0.0950 e. The maximum absolute atomic E-state index is 5.23.